The summed E-state index contributed by atoms with van der Waals surface area (Å²) in [6.07, 6.45) is 1.67. The third-order valence-electron chi connectivity index (χ3n) is 3.83. The predicted octanol–water partition coefficient (Wildman–Crippen LogP) is 4.06. The van der Waals surface area contributed by atoms with Crippen molar-refractivity contribution in [2.45, 2.75) is 44.3 Å². The van der Waals surface area contributed by atoms with Crippen LogP contribution in [0.1, 0.15) is 43.2 Å². The van der Waals surface area contributed by atoms with Crippen LogP contribution in [0.15, 0.2) is 29.8 Å². The summed E-state index contributed by atoms with van der Waals surface area (Å²) in [5.74, 6) is -0.531. The number of nitrogens with one attached hydrogen (secondary N) is 1. The summed E-state index contributed by atoms with van der Waals surface area (Å²) < 4.78 is 38.1. The van der Waals surface area contributed by atoms with E-state index in [4.69, 9.17) is 5.26 Å². The van der Waals surface area contributed by atoms with Crippen LogP contribution in [0.3, 0.4) is 0 Å². The van der Waals surface area contributed by atoms with Gasteiger partial charge in [-0.25, -0.2) is 0 Å². The van der Waals surface area contributed by atoms with Gasteiger partial charge in [-0.2, -0.15) is 18.4 Å². The molecule has 2 rings (SSSR count). The van der Waals surface area contributed by atoms with E-state index in [2.05, 4.69) is 5.32 Å². The van der Waals surface area contributed by atoms with Crippen molar-refractivity contribution in [3.8, 4) is 6.07 Å². The van der Waals surface area contributed by atoms with E-state index in [1.807, 2.05) is 0 Å². The molecule has 1 aromatic carbocycles. The number of hydrogen-bond acceptors (Lipinski definition) is 2. The van der Waals surface area contributed by atoms with Gasteiger partial charge in [-0.1, -0.05) is 31.4 Å². The fraction of sp³-hybridized carbons (Fsp3) is 0.412. The standard InChI is InChI=1S/C17H17F3N2O/c18-17(19,20)14-6-4-5-12(10-14)9-13(11-21)16(23)22-15-7-2-1-3-8-15/h4-6,9-10,15H,1-3,7-8H2,(H,22,23). The minimum absolute atomic E-state index is 0.0366. The first-order valence-electron chi connectivity index (χ1n) is 7.50. The summed E-state index contributed by atoms with van der Waals surface area (Å²) >= 11 is 0. The molecule has 1 aliphatic rings. The van der Waals surface area contributed by atoms with Crippen molar-refractivity contribution in [3.05, 3.63) is 41.0 Å². The number of benzene rings is 1. The molecule has 3 nitrogen and oxygen atoms in total. The lowest BCUT2D eigenvalue weighted by molar-refractivity contribution is -0.137. The van der Waals surface area contributed by atoms with Crippen LogP contribution in [-0.2, 0) is 11.0 Å². The van der Waals surface area contributed by atoms with Gasteiger partial charge in [-0.05, 0) is 36.6 Å². The second kappa shape index (κ2) is 7.32. The number of alkyl halides is 3. The molecule has 0 unspecified atom stereocenters. The van der Waals surface area contributed by atoms with Gasteiger partial charge in [0.15, 0.2) is 0 Å². The van der Waals surface area contributed by atoms with Crippen molar-refractivity contribution < 1.29 is 18.0 Å². The van der Waals surface area contributed by atoms with Gasteiger partial charge in [-0.3, -0.25) is 4.79 Å². The summed E-state index contributed by atoms with van der Waals surface area (Å²) in [5.41, 5.74) is -0.818. The van der Waals surface area contributed by atoms with E-state index in [0.29, 0.717) is 0 Å². The van der Waals surface area contributed by atoms with Crippen LogP contribution in [0.25, 0.3) is 6.08 Å². The Balaban J connectivity index is 2.15. The fourth-order valence-corrected chi connectivity index (χ4v) is 2.63. The van der Waals surface area contributed by atoms with Crippen molar-refractivity contribution in [1.29, 1.82) is 5.26 Å². The first-order valence-corrected chi connectivity index (χ1v) is 7.50. The molecule has 1 aliphatic carbocycles. The first kappa shape index (κ1) is 17.1. The fourth-order valence-electron chi connectivity index (χ4n) is 2.63. The second-order valence-corrected chi connectivity index (χ2v) is 5.60. The zero-order valence-corrected chi connectivity index (χ0v) is 12.5. The summed E-state index contributed by atoms with van der Waals surface area (Å²) in [6, 6.07) is 6.36. The van der Waals surface area contributed by atoms with Crippen LogP contribution < -0.4 is 5.32 Å². The SMILES string of the molecule is N#CC(=Cc1cccc(C(F)(F)F)c1)C(=O)NC1CCCCC1. The number of amides is 1. The topological polar surface area (TPSA) is 52.9 Å². The predicted molar refractivity (Wildman–Crippen MR) is 80.0 cm³/mol. The Morgan fingerprint density at radius 1 is 1.26 bits per heavy atom. The number of carbonyl (C=O) groups is 1. The molecule has 1 fully saturated rings. The maximum absolute atomic E-state index is 12.7. The van der Waals surface area contributed by atoms with Gasteiger partial charge in [0.25, 0.3) is 5.91 Å². The lowest BCUT2D eigenvalue weighted by Gasteiger charge is -2.22. The van der Waals surface area contributed by atoms with Gasteiger partial charge < -0.3 is 5.32 Å². The van der Waals surface area contributed by atoms with E-state index < -0.39 is 17.6 Å². The Hall–Kier alpha value is -2.29. The highest BCUT2D eigenvalue weighted by atomic mass is 19.4. The van der Waals surface area contributed by atoms with Crippen molar-refractivity contribution >= 4 is 12.0 Å². The molecule has 1 N–H and O–H groups in total. The van der Waals surface area contributed by atoms with Gasteiger partial charge in [0, 0.05) is 6.04 Å². The number of halogens is 3. The third-order valence-corrected chi connectivity index (χ3v) is 3.83. The highest BCUT2D eigenvalue weighted by Gasteiger charge is 2.30. The second-order valence-electron chi connectivity index (χ2n) is 5.60. The largest absolute Gasteiger partial charge is 0.416 e. The maximum Gasteiger partial charge on any atom is 0.416 e. The van der Waals surface area contributed by atoms with Gasteiger partial charge in [-0.15, -0.1) is 0 Å². The van der Waals surface area contributed by atoms with E-state index in [1.165, 1.54) is 18.2 Å². The minimum atomic E-state index is -4.46. The minimum Gasteiger partial charge on any atom is -0.349 e. The Morgan fingerprint density at radius 2 is 1.96 bits per heavy atom. The molecule has 0 aliphatic heterocycles. The molecule has 1 saturated carbocycles. The van der Waals surface area contributed by atoms with Crippen LogP contribution in [0.2, 0.25) is 0 Å². The zero-order chi connectivity index (χ0) is 16.9. The number of nitriles is 1. The van der Waals surface area contributed by atoms with Gasteiger partial charge in [0.05, 0.1) is 5.56 Å². The molecule has 1 aromatic rings. The molecular weight excluding hydrogens is 305 g/mol. The number of rotatable bonds is 3. The van der Waals surface area contributed by atoms with Crippen LogP contribution in [0.5, 0.6) is 0 Å². The van der Waals surface area contributed by atoms with Crippen LogP contribution in [-0.4, -0.2) is 11.9 Å². The molecule has 0 bridgehead atoms. The van der Waals surface area contributed by atoms with Crippen molar-refractivity contribution in [2.24, 2.45) is 0 Å². The molecule has 0 radical (unpaired) electrons. The van der Waals surface area contributed by atoms with E-state index in [1.54, 1.807) is 6.07 Å². The Labute approximate surface area is 132 Å². The molecule has 23 heavy (non-hydrogen) atoms. The highest BCUT2D eigenvalue weighted by Crippen LogP contribution is 2.30. The summed E-state index contributed by atoms with van der Waals surface area (Å²) in [4.78, 5) is 12.1. The average molecular weight is 322 g/mol. The van der Waals surface area contributed by atoms with E-state index in [-0.39, 0.29) is 17.2 Å². The summed E-state index contributed by atoms with van der Waals surface area (Å²) in [5, 5.41) is 11.9. The molecule has 6 heteroatoms. The van der Waals surface area contributed by atoms with Crippen molar-refractivity contribution in [2.75, 3.05) is 0 Å². The molecule has 1 amide bonds. The third kappa shape index (κ3) is 4.85. The van der Waals surface area contributed by atoms with Crippen LogP contribution in [0, 0.1) is 11.3 Å². The number of hydrogen-bond donors (Lipinski definition) is 1. The van der Waals surface area contributed by atoms with E-state index in [9.17, 15) is 18.0 Å². The van der Waals surface area contributed by atoms with Gasteiger partial charge >= 0.3 is 6.18 Å². The molecule has 0 aromatic heterocycles. The average Bonchev–Trinajstić information content (AvgIpc) is 2.53. The number of carbonyl (C=O) groups excluding carboxylic acids is 1. The summed E-state index contributed by atoms with van der Waals surface area (Å²) in [6.45, 7) is 0. The smallest absolute Gasteiger partial charge is 0.349 e. The Morgan fingerprint density at radius 3 is 2.57 bits per heavy atom. The molecule has 0 heterocycles. The normalized spacial score (nSPS) is 16.7. The molecule has 122 valence electrons. The van der Waals surface area contributed by atoms with Crippen molar-refractivity contribution in [3.63, 3.8) is 0 Å². The molecular formula is C17H17F3N2O. The zero-order valence-electron chi connectivity index (χ0n) is 12.5. The van der Waals surface area contributed by atoms with Crippen LogP contribution in [0.4, 0.5) is 13.2 Å². The highest BCUT2D eigenvalue weighted by molar-refractivity contribution is 6.01. The molecule has 0 atom stereocenters. The van der Waals surface area contributed by atoms with E-state index in [0.717, 1.165) is 44.2 Å². The quantitative estimate of drug-likeness (QED) is 0.674. The van der Waals surface area contributed by atoms with E-state index >= 15 is 0 Å². The maximum atomic E-state index is 12.7. The summed E-state index contributed by atoms with van der Waals surface area (Å²) in [7, 11) is 0. The Kier molecular flexibility index (Phi) is 5.43. The lowest BCUT2D eigenvalue weighted by atomic mass is 9.95. The number of nitrogens with zero attached hydrogens (tertiary/aromatic N) is 1. The monoisotopic (exact) mass is 322 g/mol. The van der Waals surface area contributed by atoms with Gasteiger partial charge in [0.1, 0.15) is 11.6 Å². The molecule has 0 saturated heterocycles. The van der Waals surface area contributed by atoms with Gasteiger partial charge in [0.2, 0.25) is 0 Å². The Bertz CT molecular complexity index is 638. The molecule has 0 spiro atoms. The van der Waals surface area contributed by atoms with Crippen LogP contribution >= 0.6 is 0 Å². The first-order chi connectivity index (χ1) is 10.9. The van der Waals surface area contributed by atoms with Crippen molar-refractivity contribution in [1.82, 2.24) is 5.32 Å². The lowest BCUT2D eigenvalue weighted by Crippen LogP contribution is -2.36.